The summed E-state index contributed by atoms with van der Waals surface area (Å²) in [5, 5.41) is 3.45. The standard InChI is InChI=1S/C17H23N3/c1-4-20(5-2)17-8-6-16(7-9-17)19-13-15-12-18-11-10-14(15)3/h6-12,19H,4-5,13H2,1-3H3. The van der Waals surface area contributed by atoms with Crippen LogP contribution in [0, 0.1) is 6.92 Å². The minimum atomic E-state index is 0.810. The van der Waals surface area contributed by atoms with Gasteiger partial charge in [0.15, 0.2) is 0 Å². The van der Waals surface area contributed by atoms with Crippen molar-refractivity contribution in [2.45, 2.75) is 27.3 Å². The van der Waals surface area contributed by atoms with Gasteiger partial charge < -0.3 is 10.2 Å². The van der Waals surface area contributed by atoms with Crippen LogP contribution in [0.5, 0.6) is 0 Å². The molecule has 0 aliphatic carbocycles. The maximum Gasteiger partial charge on any atom is 0.0418 e. The van der Waals surface area contributed by atoms with Gasteiger partial charge in [0.25, 0.3) is 0 Å². The highest BCUT2D eigenvalue weighted by atomic mass is 15.1. The van der Waals surface area contributed by atoms with Gasteiger partial charge in [-0.15, -0.1) is 0 Å². The van der Waals surface area contributed by atoms with Crippen LogP contribution in [0.15, 0.2) is 42.7 Å². The Hall–Kier alpha value is -2.03. The van der Waals surface area contributed by atoms with Crippen molar-refractivity contribution in [1.82, 2.24) is 4.98 Å². The molecule has 3 heteroatoms. The van der Waals surface area contributed by atoms with E-state index < -0.39 is 0 Å². The van der Waals surface area contributed by atoms with Crippen LogP contribution in [-0.2, 0) is 6.54 Å². The normalized spacial score (nSPS) is 10.3. The molecule has 0 amide bonds. The summed E-state index contributed by atoms with van der Waals surface area (Å²) in [5.41, 5.74) is 4.93. The first-order valence-electron chi connectivity index (χ1n) is 7.23. The Kier molecular flexibility index (Phi) is 4.99. The third-order valence-electron chi connectivity index (χ3n) is 3.63. The molecule has 0 unspecified atom stereocenters. The lowest BCUT2D eigenvalue weighted by Gasteiger charge is -2.21. The Balaban J connectivity index is 1.99. The largest absolute Gasteiger partial charge is 0.381 e. The van der Waals surface area contributed by atoms with Gasteiger partial charge in [0, 0.05) is 43.4 Å². The molecule has 0 bridgehead atoms. The number of nitrogens with one attached hydrogen (secondary N) is 1. The molecule has 1 heterocycles. The molecule has 0 fully saturated rings. The summed E-state index contributed by atoms with van der Waals surface area (Å²) in [6, 6.07) is 10.7. The van der Waals surface area contributed by atoms with Crippen LogP contribution >= 0.6 is 0 Å². The Morgan fingerprint density at radius 3 is 2.35 bits per heavy atom. The number of hydrogen-bond donors (Lipinski definition) is 1. The van der Waals surface area contributed by atoms with E-state index in [0.29, 0.717) is 0 Å². The van der Waals surface area contributed by atoms with Crippen LogP contribution < -0.4 is 10.2 Å². The van der Waals surface area contributed by atoms with E-state index in [9.17, 15) is 0 Å². The van der Waals surface area contributed by atoms with Gasteiger partial charge in [-0.3, -0.25) is 4.98 Å². The second-order valence-electron chi connectivity index (χ2n) is 4.87. The van der Waals surface area contributed by atoms with E-state index in [4.69, 9.17) is 0 Å². The summed E-state index contributed by atoms with van der Waals surface area (Å²) in [7, 11) is 0. The number of rotatable bonds is 6. The molecule has 0 saturated carbocycles. The molecule has 0 spiro atoms. The van der Waals surface area contributed by atoms with Crippen molar-refractivity contribution in [3.05, 3.63) is 53.9 Å². The Labute approximate surface area is 121 Å². The highest BCUT2D eigenvalue weighted by Crippen LogP contribution is 2.18. The van der Waals surface area contributed by atoms with Gasteiger partial charge in [-0.25, -0.2) is 0 Å². The van der Waals surface area contributed by atoms with Gasteiger partial charge in [-0.05, 0) is 62.2 Å². The van der Waals surface area contributed by atoms with Crippen LogP contribution in [0.25, 0.3) is 0 Å². The van der Waals surface area contributed by atoms with Gasteiger partial charge >= 0.3 is 0 Å². The summed E-state index contributed by atoms with van der Waals surface area (Å²) >= 11 is 0. The van der Waals surface area contributed by atoms with E-state index in [1.54, 1.807) is 0 Å². The molecule has 20 heavy (non-hydrogen) atoms. The molecule has 0 radical (unpaired) electrons. The lowest BCUT2D eigenvalue weighted by atomic mass is 10.1. The topological polar surface area (TPSA) is 28.2 Å². The molecule has 1 aromatic heterocycles. The number of anilines is 2. The number of benzene rings is 1. The van der Waals surface area contributed by atoms with Crippen molar-refractivity contribution in [3.63, 3.8) is 0 Å². The summed E-state index contributed by atoms with van der Waals surface area (Å²) in [6.45, 7) is 9.37. The first-order chi connectivity index (χ1) is 9.74. The fourth-order valence-electron chi connectivity index (χ4n) is 2.26. The summed E-state index contributed by atoms with van der Waals surface area (Å²) in [5.74, 6) is 0. The number of pyridine rings is 1. The number of aromatic nitrogens is 1. The monoisotopic (exact) mass is 269 g/mol. The molecule has 0 saturated heterocycles. The molecule has 2 rings (SSSR count). The fraction of sp³-hybridized carbons (Fsp3) is 0.353. The second kappa shape index (κ2) is 6.94. The van der Waals surface area contributed by atoms with Crippen LogP contribution in [0.3, 0.4) is 0 Å². The van der Waals surface area contributed by atoms with Crippen molar-refractivity contribution in [2.24, 2.45) is 0 Å². The Morgan fingerprint density at radius 2 is 1.75 bits per heavy atom. The highest BCUT2D eigenvalue weighted by molar-refractivity contribution is 5.55. The zero-order valence-electron chi connectivity index (χ0n) is 12.6. The fourth-order valence-corrected chi connectivity index (χ4v) is 2.26. The predicted molar refractivity (Wildman–Crippen MR) is 86.3 cm³/mol. The molecule has 0 atom stereocenters. The van der Waals surface area contributed by atoms with Gasteiger partial charge in [0.05, 0.1) is 0 Å². The third-order valence-corrected chi connectivity index (χ3v) is 3.63. The van der Waals surface area contributed by atoms with Crippen molar-refractivity contribution >= 4 is 11.4 Å². The van der Waals surface area contributed by atoms with Crippen LogP contribution in [0.4, 0.5) is 11.4 Å². The van der Waals surface area contributed by atoms with E-state index in [2.05, 4.69) is 60.2 Å². The molecule has 0 aliphatic rings. The van der Waals surface area contributed by atoms with E-state index in [0.717, 1.165) is 25.3 Å². The van der Waals surface area contributed by atoms with Crippen LogP contribution in [0.1, 0.15) is 25.0 Å². The van der Waals surface area contributed by atoms with E-state index >= 15 is 0 Å². The summed E-state index contributed by atoms with van der Waals surface area (Å²) < 4.78 is 0. The molecular weight excluding hydrogens is 246 g/mol. The average molecular weight is 269 g/mol. The molecular formula is C17H23N3. The van der Waals surface area contributed by atoms with Crippen molar-refractivity contribution in [3.8, 4) is 0 Å². The molecule has 1 N–H and O–H groups in total. The van der Waals surface area contributed by atoms with Crippen molar-refractivity contribution in [2.75, 3.05) is 23.3 Å². The average Bonchev–Trinajstić information content (AvgIpc) is 2.49. The number of aryl methyl sites for hydroxylation is 1. The van der Waals surface area contributed by atoms with Crippen LogP contribution in [0.2, 0.25) is 0 Å². The van der Waals surface area contributed by atoms with Gasteiger partial charge in [0.2, 0.25) is 0 Å². The lowest BCUT2D eigenvalue weighted by molar-refractivity contribution is 0.866. The SMILES string of the molecule is CCN(CC)c1ccc(NCc2cnccc2C)cc1. The Bertz CT molecular complexity index is 530. The zero-order valence-corrected chi connectivity index (χ0v) is 12.6. The van der Waals surface area contributed by atoms with Crippen LogP contribution in [-0.4, -0.2) is 18.1 Å². The smallest absolute Gasteiger partial charge is 0.0418 e. The first kappa shape index (κ1) is 14.4. The van der Waals surface area contributed by atoms with E-state index in [1.165, 1.54) is 16.8 Å². The first-order valence-corrected chi connectivity index (χ1v) is 7.23. The molecule has 106 valence electrons. The van der Waals surface area contributed by atoms with Gasteiger partial charge in [0.1, 0.15) is 0 Å². The highest BCUT2D eigenvalue weighted by Gasteiger charge is 2.02. The molecule has 3 nitrogen and oxygen atoms in total. The van der Waals surface area contributed by atoms with E-state index in [1.807, 2.05) is 18.5 Å². The summed E-state index contributed by atoms with van der Waals surface area (Å²) in [6.07, 6.45) is 3.75. The number of nitrogens with zero attached hydrogens (tertiary/aromatic N) is 2. The minimum Gasteiger partial charge on any atom is -0.381 e. The Morgan fingerprint density at radius 1 is 1.05 bits per heavy atom. The minimum absolute atomic E-state index is 0.810. The molecule has 0 aliphatic heterocycles. The molecule has 1 aromatic carbocycles. The second-order valence-corrected chi connectivity index (χ2v) is 4.87. The van der Waals surface area contributed by atoms with Crippen molar-refractivity contribution in [1.29, 1.82) is 0 Å². The lowest BCUT2D eigenvalue weighted by Crippen LogP contribution is -2.21. The van der Waals surface area contributed by atoms with Crippen molar-refractivity contribution < 1.29 is 0 Å². The molecule has 2 aromatic rings. The predicted octanol–water partition coefficient (Wildman–Crippen LogP) is 3.85. The third kappa shape index (κ3) is 3.50. The summed E-state index contributed by atoms with van der Waals surface area (Å²) in [4.78, 5) is 6.51. The maximum atomic E-state index is 4.17. The number of hydrogen-bond acceptors (Lipinski definition) is 3. The maximum absolute atomic E-state index is 4.17. The zero-order chi connectivity index (χ0) is 14.4. The van der Waals surface area contributed by atoms with Gasteiger partial charge in [-0.1, -0.05) is 0 Å². The van der Waals surface area contributed by atoms with E-state index in [-0.39, 0.29) is 0 Å². The van der Waals surface area contributed by atoms with Gasteiger partial charge in [-0.2, -0.15) is 0 Å². The quantitative estimate of drug-likeness (QED) is 0.863.